The maximum Gasteiger partial charge on any atom is 0.420 e. The number of aldehydes is 1. The van der Waals surface area contributed by atoms with Crippen molar-refractivity contribution in [3.05, 3.63) is 40.8 Å². The second kappa shape index (κ2) is 13.3. The van der Waals surface area contributed by atoms with Crippen LogP contribution in [0.3, 0.4) is 0 Å². The molecule has 0 saturated heterocycles. The number of carbonyl (C=O) groups excluding carboxylic acids is 5. The zero-order valence-corrected chi connectivity index (χ0v) is 25.0. The molecule has 222 valence electrons. The van der Waals surface area contributed by atoms with Gasteiger partial charge in [-0.15, -0.1) is 0 Å². The summed E-state index contributed by atoms with van der Waals surface area (Å²) in [6, 6.07) is 4.14. The molecule has 3 amide bonds. The monoisotopic (exact) mass is 564 g/mol. The molecule has 0 fully saturated rings. The average molecular weight is 565 g/mol. The molecule has 0 radical (unpaired) electrons. The van der Waals surface area contributed by atoms with Crippen LogP contribution in [0.15, 0.2) is 29.7 Å². The number of rotatable bonds is 8. The first-order valence-corrected chi connectivity index (χ1v) is 12.4. The van der Waals surface area contributed by atoms with Crippen molar-refractivity contribution in [1.29, 1.82) is 0 Å². The minimum atomic E-state index is -1.01. The molecule has 0 aromatic heterocycles. The third-order valence-electron chi connectivity index (χ3n) is 4.51. The molecule has 1 aromatic rings. The number of carbonyl (C=O) groups is 5. The van der Waals surface area contributed by atoms with Crippen LogP contribution in [-0.2, 0) is 39.8 Å². The van der Waals surface area contributed by atoms with Gasteiger partial charge >= 0.3 is 18.2 Å². The van der Waals surface area contributed by atoms with Crippen LogP contribution in [0.1, 0.15) is 78.2 Å². The van der Waals surface area contributed by atoms with Crippen LogP contribution >= 0.6 is 0 Å². The number of amides is 3. The normalized spacial score (nSPS) is 12.4. The van der Waals surface area contributed by atoms with Gasteiger partial charge in [-0.3, -0.25) is 9.59 Å². The van der Waals surface area contributed by atoms with Gasteiger partial charge in [0.05, 0.1) is 26.3 Å². The summed E-state index contributed by atoms with van der Waals surface area (Å²) in [5.74, 6) is -2.32. The lowest BCUT2D eigenvalue weighted by Crippen LogP contribution is -2.43. The molecule has 12 heteroatoms. The highest BCUT2D eigenvalue weighted by atomic mass is 16.6. The number of imide groups is 1. The van der Waals surface area contributed by atoms with Crippen LogP contribution in [0.2, 0.25) is 0 Å². The fourth-order valence-corrected chi connectivity index (χ4v) is 3.00. The predicted molar refractivity (Wildman–Crippen MR) is 145 cm³/mol. The molecular weight excluding hydrogens is 524 g/mol. The quantitative estimate of drug-likeness (QED) is 0.151. The lowest BCUT2D eigenvalue weighted by atomic mass is 10.1. The topological polar surface area (TPSA) is 147 Å². The SMILES string of the molecule is CO/C(C=O)=C(/OC)C(=O)Nc1ccc(C(=O)OC(C)(C)C)cc1CN(C(=O)OC(C)(C)C)C(=O)OC(C)(C)C. The molecule has 0 heterocycles. The number of benzene rings is 1. The largest absolute Gasteiger partial charge is 0.490 e. The van der Waals surface area contributed by atoms with E-state index in [2.05, 4.69) is 5.32 Å². The number of methoxy groups -OCH3 is 2. The fourth-order valence-electron chi connectivity index (χ4n) is 3.00. The van der Waals surface area contributed by atoms with Crippen LogP contribution < -0.4 is 5.32 Å². The first-order chi connectivity index (χ1) is 18.2. The lowest BCUT2D eigenvalue weighted by Gasteiger charge is -2.29. The van der Waals surface area contributed by atoms with Gasteiger partial charge < -0.3 is 29.0 Å². The molecule has 40 heavy (non-hydrogen) atoms. The molecule has 0 aliphatic rings. The predicted octanol–water partition coefficient (Wildman–Crippen LogP) is 4.96. The van der Waals surface area contributed by atoms with Gasteiger partial charge in [0.25, 0.3) is 5.91 Å². The minimum Gasteiger partial charge on any atom is -0.490 e. The first kappa shape index (κ1) is 33.9. The maximum absolute atomic E-state index is 13.1. The molecule has 0 saturated carbocycles. The van der Waals surface area contributed by atoms with Gasteiger partial charge in [-0.05, 0) is 86.1 Å². The molecular formula is C28H40N2O10. The number of esters is 1. The van der Waals surface area contributed by atoms with Crippen molar-refractivity contribution in [1.82, 2.24) is 4.90 Å². The Morgan fingerprint density at radius 3 is 1.70 bits per heavy atom. The molecule has 12 nitrogen and oxygen atoms in total. The smallest absolute Gasteiger partial charge is 0.420 e. The number of hydrogen-bond donors (Lipinski definition) is 1. The van der Waals surface area contributed by atoms with E-state index in [4.69, 9.17) is 23.7 Å². The summed E-state index contributed by atoms with van der Waals surface area (Å²) in [7, 11) is 2.37. The highest BCUT2D eigenvalue weighted by molar-refractivity contribution is 6.05. The highest BCUT2D eigenvalue weighted by Crippen LogP contribution is 2.25. The van der Waals surface area contributed by atoms with Crippen LogP contribution in [0.4, 0.5) is 15.3 Å². The molecule has 1 rings (SSSR count). The van der Waals surface area contributed by atoms with Gasteiger partial charge in [-0.1, -0.05) is 0 Å². The van der Waals surface area contributed by atoms with Crippen molar-refractivity contribution in [3.63, 3.8) is 0 Å². The number of allylic oxidation sites excluding steroid dienone is 1. The van der Waals surface area contributed by atoms with Crippen molar-refractivity contribution < 1.29 is 47.7 Å². The lowest BCUT2D eigenvalue weighted by molar-refractivity contribution is -0.117. The van der Waals surface area contributed by atoms with E-state index in [0.29, 0.717) is 11.2 Å². The summed E-state index contributed by atoms with van der Waals surface area (Å²) >= 11 is 0. The Labute approximate surface area is 234 Å². The van der Waals surface area contributed by atoms with E-state index in [1.54, 1.807) is 62.3 Å². The number of anilines is 1. The van der Waals surface area contributed by atoms with Crippen molar-refractivity contribution >= 4 is 36.0 Å². The Balaban J connectivity index is 3.69. The number of hydrogen-bond acceptors (Lipinski definition) is 10. The summed E-state index contributed by atoms with van der Waals surface area (Å²) in [5, 5.41) is 2.56. The molecule has 0 atom stereocenters. The van der Waals surface area contributed by atoms with E-state index in [9.17, 15) is 24.0 Å². The Bertz CT molecular complexity index is 1120. The number of nitrogens with zero attached hydrogens (tertiary/aromatic N) is 1. The summed E-state index contributed by atoms with van der Waals surface area (Å²) < 4.78 is 26.2. The van der Waals surface area contributed by atoms with Crippen molar-refractivity contribution in [2.24, 2.45) is 0 Å². The van der Waals surface area contributed by atoms with Gasteiger partial charge in [0.1, 0.15) is 16.8 Å². The third-order valence-corrected chi connectivity index (χ3v) is 4.51. The Morgan fingerprint density at radius 2 is 1.30 bits per heavy atom. The van der Waals surface area contributed by atoms with Gasteiger partial charge in [0, 0.05) is 5.69 Å². The number of ether oxygens (including phenoxy) is 5. The van der Waals surface area contributed by atoms with E-state index >= 15 is 0 Å². The standard InChI is InChI=1S/C28H40N2O10/c1-26(2,3)38-23(33)17-12-13-19(29-22(32)21(37-11)20(16-31)36-10)18(14-17)15-30(24(34)39-27(4,5)6)25(35)40-28(7,8)9/h12-14,16H,15H2,1-11H3,(H,29,32)/b21-20+. The molecule has 0 aliphatic carbocycles. The van der Waals surface area contributed by atoms with E-state index in [-0.39, 0.29) is 22.6 Å². The van der Waals surface area contributed by atoms with Gasteiger partial charge in [0.2, 0.25) is 11.5 Å². The molecule has 0 bridgehead atoms. The van der Waals surface area contributed by atoms with E-state index in [1.165, 1.54) is 32.4 Å². The zero-order chi connectivity index (χ0) is 31.1. The minimum absolute atomic E-state index is 0.0873. The summed E-state index contributed by atoms with van der Waals surface area (Å²) in [5.41, 5.74) is -2.37. The van der Waals surface area contributed by atoms with Gasteiger partial charge in [-0.2, -0.15) is 0 Å². The van der Waals surface area contributed by atoms with Crippen molar-refractivity contribution in [3.8, 4) is 0 Å². The van der Waals surface area contributed by atoms with Crippen LogP contribution in [0, 0.1) is 0 Å². The van der Waals surface area contributed by atoms with Gasteiger partial charge in [-0.25, -0.2) is 19.3 Å². The summed E-state index contributed by atoms with van der Waals surface area (Å²) in [6.45, 7) is 14.4. The average Bonchev–Trinajstić information content (AvgIpc) is 2.77. The van der Waals surface area contributed by atoms with E-state index in [1.807, 2.05) is 0 Å². The number of nitrogens with one attached hydrogen (secondary N) is 1. The summed E-state index contributed by atoms with van der Waals surface area (Å²) in [4.78, 5) is 64.0. The van der Waals surface area contributed by atoms with Crippen LogP contribution in [0.5, 0.6) is 0 Å². The Kier molecular flexibility index (Phi) is 11.3. The fraction of sp³-hybridized carbons (Fsp3) is 0.536. The molecule has 0 unspecified atom stereocenters. The summed E-state index contributed by atoms with van der Waals surface area (Å²) in [6.07, 6.45) is -1.72. The van der Waals surface area contributed by atoms with Crippen molar-refractivity contribution in [2.45, 2.75) is 85.7 Å². The zero-order valence-electron chi connectivity index (χ0n) is 25.0. The molecule has 0 spiro atoms. The van der Waals surface area contributed by atoms with Gasteiger partial charge in [0.15, 0.2) is 6.29 Å². The molecule has 0 aliphatic heterocycles. The van der Waals surface area contributed by atoms with Crippen LogP contribution in [-0.4, -0.2) is 66.3 Å². The Hall–Kier alpha value is -4.09. The van der Waals surface area contributed by atoms with E-state index < -0.39 is 53.2 Å². The third kappa shape index (κ3) is 11.0. The Morgan fingerprint density at radius 1 is 0.800 bits per heavy atom. The maximum atomic E-state index is 13.1. The second-order valence-corrected chi connectivity index (χ2v) is 11.6. The molecule has 1 aromatic carbocycles. The first-order valence-electron chi connectivity index (χ1n) is 12.4. The van der Waals surface area contributed by atoms with Crippen LogP contribution in [0.25, 0.3) is 0 Å². The second-order valence-electron chi connectivity index (χ2n) is 11.6. The van der Waals surface area contributed by atoms with Crippen molar-refractivity contribution in [2.75, 3.05) is 19.5 Å². The van der Waals surface area contributed by atoms with E-state index in [0.717, 1.165) is 0 Å². The molecule has 1 N–H and O–H groups in total. The highest BCUT2D eigenvalue weighted by Gasteiger charge is 2.32.